The van der Waals surface area contributed by atoms with E-state index < -0.39 is 6.10 Å². The highest BCUT2D eigenvalue weighted by Gasteiger charge is 2.26. The average Bonchev–Trinajstić information content (AvgIpc) is 2.85. The molecule has 0 N–H and O–H groups in total. The van der Waals surface area contributed by atoms with Gasteiger partial charge in [-0.05, 0) is 45.0 Å². The minimum atomic E-state index is -0.568. The van der Waals surface area contributed by atoms with Gasteiger partial charge in [-0.25, -0.2) is 0 Å². The molecule has 2 aromatic carbocycles. The Morgan fingerprint density at radius 1 is 0.970 bits per heavy atom. The van der Waals surface area contributed by atoms with E-state index in [-0.39, 0.29) is 5.91 Å². The van der Waals surface area contributed by atoms with Crippen LogP contribution in [-0.4, -0.2) is 59.9 Å². The summed E-state index contributed by atoms with van der Waals surface area (Å²) < 4.78 is 11.4. The van der Waals surface area contributed by atoms with E-state index in [1.165, 1.54) is 5.56 Å². The van der Waals surface area contributed by atoms with Gasteiger partial charge < -0.3 is 19.3 Å². The van der Waals surface area contributed by atoms with Crippen molar-refractivity contribution in [1.82, 2.24) is 15.1 Å². The molecule has 7 heteroatoms. The molecule has 1 aliphatic heterocycles. The highest BCUT2D eigenvalue weighted by molar-refractivity contribution is 5.81. The fourth-order valence-corrected chi connectivity index (χ4v) is 3.84. The fourth-order valence-electron chi connectivity index (χ4n) is 3.84. The maximum Gasteiger partial charge on any atom is 0.263 e. The van der Waals surface area contributed by atoms with Crippen LogP contribution in [0.4, 0.5) is 5.82 Å². The highest BCUT2D eigenvalue weighted by Crippen LogP contribution is 2.22. The zero-order valence-electron chi connectivity index (χ0n) is 19.4. The van der Waals surface area contributed by atoms with Crippen molar-refractivity contribution >= 4 is 11.7 Å². The summed E-state index contributed by atoms with van der Waals surface area (Å²) >= 11 is 0. The third kappa shape index (κ3) is 5.61. The van der Waals surface area contributed by atoms with Crippen LogP contribution in [0.15, 0.2) is 60.7 Å². The summed E-state index contributed by atoms with van der Waals surface area (Å²) in [6.45, 7) is 9.02. The molecule has 0 aliphatic carbocycles. The van der Waals surface area contributed by atoms with Crippen LogP contribution in [0.2, 0.25) is 0 Å². The van der Waals surface area contributed by atoms with Crippen molar-refractivity contribution in [2.45, 2.75) is 26.9 Å². The SMILES string of the molecule is CCOc1cccc(OC(C)C(=O)N2CCN(c3ccc(-c4ccc(C)cc4)nn3)CC2)c1. The Balaban J connectivity index is 1.31. The van der Waals surface area contributed by atoms with Gasteiger partial charge in [-0.2, -0.15) is 0 Å². The lowest BCUT2D eigenvalue weighted by atomic mass is 10.1. The Kier molecular flexibility index (Phi) is 7.07. The van der Waals surface area contributed by atoms with Crippen molar-refractivity contribution < 1.29 is 14.3 Å². The molecule has 1 unspecified atom stereocenters. The van der Waals surface area contributed by atoms with Gasteiger partial charge in [-0.3, -0.25) is 4.79 Å². The molecule has 7 nitrogen and oxygen atoms in total. The predicted molar refractivity (Wildman–Crippen MR) is 129 cm³/mol. The smallest absolute Gasteiger partial charge is 0.263 e. The third-order valence-electron chi connectivity index (χ3n) is 5.69. The van der Waals surface area contributed by atoms with Crippen LogP contribution in [0.1, 0.15) is 19.4 Å². The summed E-state index contributed by atoms with van der Waals surface area (Å²) in [6, 6.07) is 19.6. The van der Waals surface area contributed by atoms with E-state index in [9.17, 15) is 4.79 Å². The molecule has 33 heavy (non-hydrogen) atoms. The third-order valence-corrected chi connectivity index (χ3v) is 5.69. The van der Waals surface area contributed by atoms with Gasteiger partial charge in [0.05, 0.1) is 12.3 Å². The summed E-state index contributed by atoms with van der Waals surface area (Å²) in [6.07, 6.45) is -0.568. The van der Waals surface area contributed by atoms with Crippen molar-refractivity contribution in [3.63, 3.8) is 0 Å². The van der Waals surface area contributed by atoms with E-state index >= 15 is 0 Å². The van der Waals surface area contributed by atoms with E-state index in [1.807, 2.05) is 48.2 Å². The van der Waals surface area contributed by atoms with Gasteiger partial charge in [0.25, 0.3) is 5.91 Å². The first kappa shape index (κ1) is 22.6. The molecule has 1 amide bonds. The van der Waals surface area contributed by atoms with Gasteiger partial charge in [-0.15, -0.1) is 10.2 Å². The molecule has 0 spiro atoms. The van der Waals surface area contributed by atoms with Gasteiger partial charge in [0.2, 0.25) is 0 Å². The van der Waals surface area contributed by atoms with Crippen LogP contribution in [-0.2, 0) is 4.79 Å². The van der Waals surface area contributed by atoms with Gasteiger partial charge in [-0.1, -0.05) is 35.9 Å². The Hall–Kier alpha value is -3.61. The zero-order valence-corrected chi connectivity index (χ0v) is 19.4. The highest BCUT2D eigenvalue weighted by atomic mass is 16.5. The predicted octanol–water partition coefficient (Wildman–Crippen LogP) is 3.97. The van der Waals surface area contributed by atoms with Gasteiger partial charge >= 0.3 is 0 Å². The Morgan fingerprint density at radius 3 is 2.36 bits per heavy atom. The number of piperazine rings is 1. The number of carbonyl (C=O) groups excluding carboxylic acids is 1. The summed E-state index contributed by atoms with van der Waals surface area (Å²) in [5.41, 5.74) is 3.12. The van der Waals surface area contributed by atoms with Crippen molar-refractivity contribution in [2.24, 2.45) is 0 Å². The van der Waals surface area contributed by atoms with Crippen LogP contribution in [0, 0.1) is 6.92 Å². The quantitative estimate of drug-likeness (QED) is 0.547. The maximum absolute atomic E-state index is 12.9. The van der Waals surface area contributed by atoms with Crippen LogP contribution >= 0.6 is 0 Å². The van der Waals surface area contributed by atoms with Gasteiger partial charge in [0.1, 0.15) is 11.5 Å². The topological polar surface area (TPSA) is 67.8 Å². The van der Waals surface area contributed by atoms with Crippen LogP contribution in [0.5, 0.6) is 11.5 Å². The molecule has 0 bridgehead atoms. The van der Waals surface area contributed by atoms with Crippen molar-refractivity contribution in [3.05, 3.63) is 66.2 Å². The number of nitrogens with zero attached hydrogens (tertiary/aromatic N) is 4. The van der Waals surface area contributed by atoms with E-state index in [4.69, 9.17) is 9.47 Å². The lowest BCUT2D eigenvalue weighted by molar-refractivity contribution is -0.138. The number of amides is 1. The molecule has 1 fully saturated rings. The Bertz CT molecular complexity index is 1060. The lowest BCUT2D eigenvalue weighted by Gasteiger charge is -2.36. The zero-order chi connectivity index (χ0) is 23.2. The van der Waals surface area contributed by atoms with Crippen LogP contribution in [0.3, 0.4) is 0 Å². The molecular weight excluding hydrogens is 416 g/mol. The molecule has 1 aromatic heterocycles. The van der Waals surface area contributed by atoms with Crippen molar-refractivity contribution in [1.29, 1.82) is 0 Å². The molecule has 172 valence electrons. The largest absolute Gasteiger partial charge is 0.494 e. The summed E-state index contributed by atoms with van der Waals surface area (Å²) in [5, 5.41) is 8.82. The molecular formula is C26H30N4O3. The number of aryl methyl sites for hydroxylation is 1. The molecule has 2 heterocycles. The monoisotopic (exact) mass is 446 g/mol. The summed E-state index contributed by atoms with van der Waals surface area (Å²) in [7, 11) is 0. The summed E-state index contributed by atoms with van der Waals surface area (Å²) in [4.78, 5) is 16.9. The normalized spacial score (nSPS) is 14.6. The first-order chi connectivity index (χ1) is 16.0. The first-order valence-corrected chi connectivity index (χ1v) is 11.4. The van der Waals surface area contributed by atoms with Crippen molar-refractivity contribution in [3.8, 4) is 22.8 Å². The second-order valence-electron chi connectivity index (χ2n) is 8.12. The van der Waals surface area contributed by atoms with Gasteiger partial charge in [0, 0.05) is 37.8 Å². The molecule has 1 atom stereocenters. The minimum Gasteiger partial charge on any atom is -0.494 e. The number of ether oxygens (including phenoxy) is 2. The first-order valence-electron chi connectivity index (χ1n) is 11.4. The number of rotatable bonds is 7. The summed E-state index contributed by atoms with van der Waals surface area (Å²) in [5.74, 6) is 2.18. The van der Waals surface area contributed by atoms with E-state index in [0.717, 1.165) is 22.8 Å². The molecule has 4 rings (SSSR count). The molecule has 1 aliphatic rings. The Morgan fingerprint density at radius 2 is 1.70 bits per heavy atom. The average molecular weight is 447 g/mol. The van der Waals surface area contributed by atoms with E-state index in [2.05, 4.69) is 46.3 Å². The molecule has 3 aromatic rings. The number of carbonyl (C=O) groups is 1. The number of anilines is 1. The molecule has 0 radical (unpaired) electrons. The van der Waals surface area contributed by atoms with Crippen LogP contribution < -0.4 is 14.4 Å². The standard InChI is InChI=1S/C26H30N4O3/c1-4-32-22-6-5-7-23(18-22)33-20(3)26(31)30-16-14-29(15-17-30)25-13-12-24(27-28-25)21-10-8-19(2)9-11-21/h5-13,18,20H,4,14-17H2,1-3H3. The molecule has 1 saturated heterocycles. The van der Waals surface area contributed by atoms with Gasteiger partial charge in [0.15, 0.2) is 11.9 Å². The molecule has 0 saturated carbocycles. The number of hydrogen-bond donors (Lipinski definition) is 0. The second-order valence-corrected chi connectivity index (χ2v) is 8.12. The minimum absolute atomic E-state index is 0.0164. The van der Waals surface area contributed by atoms with E-state index in [1.54, 1.807) is 6.92 Å². The number of benzene rings is 2. The fraction of sp³-hybridized carbons (Fsp3) is 0.346. The van der Waals surface area contributed by atoms with Crippen molar-refractivity contribution in [2.75, 3.05) is 37.7 Å². The van der Waals surface area contributed by atoms with E-state index in [0.29, 0.717) is 38.5 Å². The number of hydrogen-bond acceptors (Lipinski definition) is 6. The second kappa shape index (κ2) is 10.3. The lowest BCUT2D eigenvalue weighted by Crippen LogP contribution is -2.52. The number of aromatic nitrogens is 2. The Labute approximate surface area is 195 Å². The maximum atomic E-state index is 12.9. The van der Waals surface area contributed by atoms with Crippen LogP contribution in [0.25, 0.3) is 11.3 Å².